The smallest absolute Gasteiger partial charge is 0.390 e. The Morgan fingerprint density at radius 3 is 2.36 bits per heavy atom. The Balaban J connectivity index is 1.47. The lowest BCUT2D eigenvalue weighted by Crippen LogP contribution is -2.59. The number of ether oxygens (including phenoxy) is 2. The van der Waals surface area contributed by atoms with Gasteiger partial charge in [0, 0.05) is 0 Å². The van der Waals surface area contributed by atoms with Crippen LogP contribution in [0.25, 0.3) is 0 Å². The van der Waals surface area contributed by atoms with Gasteiger partial charge in [-0.25, -0.2) is 4.18 Å². The largest absolute Gasteiger partial charge is 0.397 e. The topological polar surface area (TPSA) is 183 Å². The molecular weight excluding hydrogens is 592 g/mol. The van der Waals surface area contributed by atoms with E-state index >= 15 is 0 Å². The molecule has 0 aromatic rings. The summed E-state index contributed by atoms with van der Waals surface area (Å²) in [4.78, 5) is 0. The van der Waals surface area contributed by atoms with Crippen molar-refractivity contribution in [1.82, 2.24) is 0 Å². The lowest BCUT2D eigenvalue weighted by atomic mass is 9.46. The fraction of sp³-hybridized carbons (Fsp3) is 0.938. The summed E-state index contributed by atoms with van der Waals surface area (Å²) in [6.07, 6.45) is -0.375. The standard InChI is InChI=1S/C32H54O11S/c1-16(2)12-23(33)27(35)17(3)20-6-7-21-26-22(9-11-32(20,21)5)31(4)10-8-19(43-44(38,39)40)13-18(31)14-25(26)42-30-29(37)28(36)24(34)15-41-30/h14,16-17,19-30,33-37H,6-13,15H2,1-5H3,(H,38,39,40)/t17-,19-,20+,21-,22-,23?,24+,25+,26-,27?,28-,29+,30-,31-,32+/m0/s1. The third kappa shape index (κ3) is 6.42. The van der Waals surface area contributed by atoms with Crippen LogP contribution >= 0.6 is 0 Å². The van der Waals surface area contributed by atoms with E-state index in [-0.39, 0.29) is 52.9 Å². The van der Waals surface area contributed by atoms with Crippen LogP contribution in [0.2, 0.25) is 0 Å². The highest BCUT2D eigenvalue weighted by atomic mass is 32.3. The molecule has 0 amide bonds. The van der Waals surface area contributed by atoms with Crippen molar-refractivity contribution >= 4 is 10.4 Å². The third-order valence-electron chi connectivity index (χ3n) is 12.4. The molecule has 0 aromatic carbocycles. The van der Waals surface area contributed by atoms with E-state index in [0.29, 0.717) is 25.7 Å². The van der Waals surface area contributed by atoms with Crippen LogP contribution in [-0.2, 0) is 24.1 Å². The zero-order valence-corrected chi connectivity index (χ0v) is 27.5. The molecule has 1 saturated heterocycles. The summed E-state index contributed by atoms with van der Waals surface area (Å²) in [5.41, 5.74) is 0.618. The zero-order chi connectivity index (χ0) is 32.4. The predicted octanol–water partition coefficient (Wildman–Crippen LogP) is 2.59. The second-order valence-electron chi connectivity index (χ2n) is 15.4. The predicted molar refractivity (Wildman–Crippen MR) is 160 cm³/mol. The van der Waals surface area contributed by atoms with E-state index in [1.165, 1.54) is 0 Å². The van der Waals surface area contributed by atoms with Gasteiger partial charge in [0.2, 0.25) is 0 Å². The van der Waals surface area contributed by atoms with E-state index in [1.54, 1.807) is 0 Å². The molecule has 1 heterocycles. The molecule has 0 spiro atoms. The average molecular weight is 647 g/mol. The summed E-state index contributed by atoms with van der Waals surface area (Å²) in [6, 6.07) is 0. The maximum atomic E-state index is 11.5. The van der Waals surface area contributed by atoms with Gasteiger partial charge in [-0.05, 0) is 97.7 Å². The highest BCUT2D eigenvalue weighted by Crippen LogP contribution is 2.68. The molecule has 0 bridgehead atoms. The van der Waals surface area contributed by atoms with Gasteiger partial charge >= 0.3 is 10.4 Å². The number of hydrogen-bond donors (Lipinski definition) is 6. The van der Waals surface area contributed by atoms with Gasteiger partial charge in [-0.1, -0.05) is 46.3 Å². The quantitative estimate of drug-likeness (QED) is 0.160. The molecule has 1 aliphatic heterocycles. The summed E-state index contributed by atoms with van der Waals surface area (Å²) in [5.74, 6) is 0.775. The molecule has 5 aliphatic rings. The van der Waals surface area contributed by atoms with Crippen LogP contribution in [0.1, 0.15) is 86.0 Å². The highest BCUT2D eigenvalue weighted by Gasteiger charge is 2.62. The van der Waals surface area contributed by atoms with Crippen molar-refractivity contribution < 1.29 is 52.2 Å². The van der Waals surface area contributed by atoms with Crippen molar-refractivity contribution in [3.63, 3.8) is 0 Å². The van der Waals surface area contributed by atoms with Crippen LogP contribution in [-0.4, -0.2) is 94.1 Å². The first-order valence-corrected chi connectivity index (χ1v) is 17.9. The van der Waals surface area contributed by atoms with Crippen molar-refractivity contribution in [1.29, 1.82) is 0 Å². The van der Waals surface area contributed by atoms with Crippen molar-refractivity contribution in [2.45, 2.75) is 135 Å². The number of aliphatic hydroxyl groups is 5. The van der Waals surface area contributed by atoms with Crippen LogP contribution < -0.4 is 0 Å². The van der Waals surface area contributed by atoms with Crippen molar-refractivity contribution in [2.24, 2.45) is 46.3 Å². The molecule has 11 nitrogen and oxygen atoms in total. The van der Waals surface area contributed by atoms with Crippen molar-refractivity contribution in [3.8, 4) is 0 Å². The Bertz CT molecular complexity index is 1160. The fourth-order valence-corrected chi connectivity index (χ4v) is 10.7. The average Bonchev–Trinajstić information content (AvgIpc) is 3.29. The Hall–Kier alpha value is -0.670. The van der Waals surface area contributed by atoms with Crippen molar-refractivity contribution in [3.05, 3.63) is 11.6 Å². The van der Waals surface area contributed by atoms with Gasteiger partial charge in [-0.15, -0.1) is 0 Å². The lowest BCUT2D eigenvalue weighted by Gasteiger charge is -2.60. The van der Waals surface area contributed by atoms with Crippen LogP contribution in [0.15, 0.2) is 11.6 Å². The number of rotatable bonds is 9. The molecule has 6 N–H and O–H groups in total. The molecule has 254 valence electrons. The first-order valence-electron chi connectivity index (χ1n) is 16.5. The second kappa shape index (κ2) is 12.7. The van der Waals surface area contributed by atoms with Crippen LogP contribution in [0.5, 0.6) is 0 Å². The van der Waals surface area contributed by atoms with Gasteiger partial charge in [-0.2, -0.15) is 8.42 Å². The molecule has 4 fully saturated rings. The molecule has 0 aromatic heterocycles. The summed E-state index contributed by atoms with van der Waals surface area (Å²) < 4.78 is 49.7. The molecule has 5 rings (SSSR count). The van der Waals surface area contributed by atoms with E-state index in [9.17, 15) is 38.5 Å². The SMILES string of the molecule is CC(C)CC(O)C(O)[C@@H](C)[C@H]1CC[C@H]2[C@@H]3[C@H](O[C@@H]4OC[C@@H](O)[C@H](O)[C@H]4O)C=C4C[C@@H](OS(=O)(=O)O)CC[C@]4(C)[C@H]3CC[C@]12C. The number of aliphatic hydroxyl groups excluding tert-OH is 5. The van der Waals surface area contributed by atoms with Crippen LogP contribution in [0.4, 0.5) is 0 Å². The van der Waals surface area contributed by atoms with E-state index in [4.69, 9.17) is 13.7 Å². The summed E-state index contributed by atoms with van der Waals surface area (Å²) in [6.45, 7) is 10.5. The van der Waals surface area contributed by atoms with Crippen LogP contribution in [0.3, 0.4) is 0 Å². The Morgan fingerprint density at radius 1 is 1.00 bits per heavy atom. The highest BCUT2D eigenvalue weighted by molar-refractivity contribution is 7.80. The lowest BCUT2D eigenvalue weighted by molar-refractivity contribution is -0.290. The van der Waals surface area contributed by atoms with Crippen LogP contribution in [0, 0.1) is 46.3 Å². The second-order valence-corrected chi connectivity index (χ2v) is 16.5. The fourth-order valence-electron chi connectivity index (χ4n) is 10.1. The van der Waals surface area contributed by atoms with Gasteiger partial charge in [0.1, 0.15) is 18.3 Å². The number of fused-ring (bicyclic) bond motifs is 5. The molecule has 12 heteroatoms. The van der Waals surface area contributed by atoms with Gasteiger partial charge in [0.05, 0.1) is 31.0 Å². The van der Waals surface area contributed by atoms with E-state index in [2.05, 4.69) is 20.8 Å². The minimum absolute atomic E-state index is 0.0243. The summed E-state index contributed by atoms with van der Waals surface area (Å²) >= 11 is 0. The maximum Gasteiger partial charge on any atom is 0.397 e. The zero-order valence-electron chi connectivity index (χ0n) is 26.7. The monoisotopic (exact) mass is 646 g/mol. The van der Waals surface area contributed by atoms with Gasteiger partial charge in [-0.3, -0.25) is 4.55 Å². The van der Waals surface area contributed by atoms with Gasteiger partial charge in [0.15, 0.2) is 6.29 Å². The Morgan fingerprint density at radius 2 is 1.70 bits per heavy atom. The summed E-state index contributed by atoms with van der Waals surface area (Å²) in [7, 11) is -4.62. The molecule has 3 saturated carbocycles. The normalized spacial score (nSPS) is 46.4. The first kappa shape index (κ1) is 34.7. The molecule has 2 unspecified atom stereocenters. The third-order valence-corrected chi connectivity index (χ3v) is 12.9. The Labute approximate surface area is 261 Å². The Kier molecular flexibility index (Phi) is 10.0. The first-order chi connectivity index (χ1) is 20.5. The maximum absolute atomic E-state index is 11.5. The number of hydrogen-bond acceptors (Lipinski definition) is 10. The molecule has 44 heavy (non-hydrogen) atoms. The van der Waals surface area contributed by atoms with E-state index in [0.717, 1.165) is 31.3 Å². The van der Waals surface area contributed by atoms with E-state index < -0.39 is 59.4 Å². The van der Waals surface area contributed by atoms with Gasteiger partial charge in [0.25, 0.3) is 0 Å². The van der Waals surface area contributed by atoms with Crippen molar-refractivity contribution in [2.75, 3.05) is 6.61 Å². The molecule has 0 radical (unpaired) electrons. The molecule has 4 aliphatic carbocycles. The minimum atomic E-state index is -4.62. The molecule has 15 atom stereocenters. The van der Waals surface area contributed by atoms with E-state index in [1.807, 2.05) is 19.9 Å². The molecular formula is C32H54O11S. The summed E-state index contributed by atoms with van der Waals surface area (Å²) in [5, 5.41) is 53.2. The van der Waals surface area contributed by atoms with Gasteiger partial charge < -0.3 is 35.0 Å². The minimum Gasteiger partial charge on any atom is -0.390 e.